The Hall–Kier alpha value is -1.82. The summed E-state index contributed by atoms with van der Waals surface area (Å²) < 4.78 is 0. The van der Waals surface area contributed by atoms with Crippen molar-refractivity contribution in [3.05, 3.63) is 24.0 Å². The fraction of sp³-hybridized carbons (Fsp3) is 0.571. The van der Waals surface area contributed by atoms with Crippen LogP contribution < -0.4 is 10.6 Å². The van der Waals surface area contributed by atoms with Gasteiger partial charge < -0.3 is 15.8 Å². The second-order valence-electron chi connectivity index (χ2n) is 6.03. The minimum atomic E-state index is 0.0418. The number of piperazine rings is 1. The fourth-order valence-corrected chi connectivity index (χ4v) is 2.44. The van der Waals surface area contributed by atoms with Crippen molar-refractivity contribution in [2.75, 3.05) is 31.1 Å². The molecule has 6 heteroatoms. The van der Waals surface area contributed by atoms with Crippen molar-refractivity contribution in [2.24, 2.45) is 10.9 Å². The standard InChI is InChI=1S/C14H23N5O/c1-14(2,3)19-8-6-18(7-9-19)11-4-5-16-12(10-11)13(15)17-20/h4-5,10,20H,6-9H2,1-3H3,(H2,15,17). The summed E-state index contributed by atoms with van der Waals surface area (Å²) in [6.45, 7) is 10.7. The average Bonchev–Trinajstić information content (AvgIpc) is 2.46. The number of hydrogen-bond donors (Lipinski definition) is 2. The van der Waals surface area contributed by atoms with Crippen molar-refractivity contribution in [1.82, 2.24) is 9.88 Å². The molecule has 0 bridgehead atoms. The van der Waals surface area contributed by atoms with Crippen molar-refractivity contribution in [3.8, 4) is 0 Å². The van der Waals surface area contributed by atoms with E-state index >= 15 is 0 Å². The molecule has 0 amide bonds. The quantitative estimate of drug-likeness (QED) is 0.366. The van der Waals surface area contributed by atoms with Crippen LogP contribution in [0.5, 0.6) is 0 Å². The summed E-state index contributed by atoms with van der Waals surface area (Å²) in [5.74, 6) is 0.0418. The van der Waals surface area contributed by atoms with Gasteiger partial charge in [0.05, 0.1) is 0 Å². The highest BCUT2D eigenvalue weighted by molar-refractivity contribution is 5.95. The third-order valence-electron chi connectivity index (χ3n) is 3.71. The highest BCUT2D eigenvalue weighted by Gasteiger charge is 2.25. The van der Waals surface area contributed by atoms with E-state index in [0.29, 0.717) is 5.69 Å². The fourth-order valence-electron chi connectivity index (χ4n) is 2.44. The number of amidine groups is 1. The van der Waals surface area contributed by atoms with Gasteiger partial charge in [-0.15, -0.1) is 0 Å². The molecule has 0 unspecified atom stereocenters. The van der Waals surface area contributed by atoms with Crippen LogP contribution in [0, 0.1) is 0 Å². The molecule has 0 aliphatic carbocycles. The maximum atomic E-state index is 8.72. The van der Waals surface area contributed by atoms with E-state index in [4.69, 9.17) is 10.9 Å². The molecule has 2 rings (SSSR count). The van der Waals surface area contributed by atoms with E-state index in [1.54, 1.807) is 6.20 Å². The monoisotopic (exact) mass is 277 g/mol. The van der Waals surface area contributed by atoms with E-state index in [0.717, 1.165) is 31.9 Å². The van der Waals surface area contributed by atoms with Crippen LogP contribution in [0.4, 0.5) is 5.69 Å². The third-order valence-corrected chi connectivity index (χ3v) is 3.71. The molecular formula is C14H23N5O. The van der Waals surface area contributed by atoms with E-state index < -0.39 is 0 Å². The van der Waals surface area contributed by atoms with Gasteiger partial charge in [-0.05, 0) is 32.9 Å². The number of oxime groups is 1. The van der Waals surface area contributed by atoms with Crippen molar-refractivity contribution in [2.45, 2.75) is 26.3 Å². The Bertz CT molecular complexity index is 487. The highest BCUT2D eigenvalue weighted by atomic mass is 16.4. The number of rotatable bonds is 2. The van der Waals surface area contributed by atoms with E-state index in [-0.39, 0.29) is 11.4 Å². The lowest BCUT2D eigenvalue weighted by molar-refractivity contribution is 0.128. The Kier molecular flexibility index (Phi) is 4.13. The van der Waals surface area contributed by atoms with Gasteiger partial charge in [0.25, 0.3) is 0 Å². The molecule has 0 aromatic carbocycles. The van der Waals surface area contributed by atoms with Gasteiger partial charge >= 0.3 is 0 Å². The molecule has 1 fully saturated rings. The van der Waals surface area contributed by atoms with Crippen LogP contribution in [0.3, 0.4) is 0 Å². The van der Waals surface area contributed by atoms with Gasteiger partial charge in [-0.25, -0.2) is 0 Å². The Morgan fingerprint density at radius 1 is 1.30 bits per heavy atom. The van der Waals surface area contributed by atoms with E-state index in [1.165, 1.54) is 0 Å². The summed E-state index contributed by atoms with van der Waals surface area (Å²) in [7, 11) is 0. The molecule has 0 spiro atoms. The molecule has 1 aliphatic rings. The van der Waals surface area contributed by atoms with Crippen LogP contribution in [0.25, 0.3) is 0 Å². The zero-order valence-corrected chi connectivity index (χ0v) is 12.4. The summed E-state index contributed by atoms with van der Waals surface area (Å²) in [6, 6.07) is 3.82. The molecule has 0 radical (unpaired) electrons. The summed E-state index contributed by atoms with van der Waals surface area (Å²) in [5, 5.41) is 11.7. The molecule has 0 atom stereocenters. The number of nitrogens with two attached hydrogens (primary N) is 1. The molecule has 1 saturated heterocycles. The zero-order chi connectivity index (χ0) is 14.8. The Morgan fingerprint density at radius 3 is 2.50 bits per heavy atom. The first-order valence-corrected chi connectivity index (χ1v) is 6.86. The molecule has 1 aromatic heterocycles. The third kappa shape index (κ3) is 3.19. The van der Waals surface area contributed by atoms with Gasteiger partial charge in [-0.3, -0.25) is 9.88 Å². The Balaban J connectivity index is 2.08. The van der Waals surface area contributed by atoms with Crippen molar-refractivity contribution in [1.29, 1.82) is 0 Å². The summed E-state index contributed by atoms with van der Waals surface area (Å²) in [5.41, 5.74) is 7.36. The summed E-state index contributed by atoms with van der Waals surface area (Å²) in [4.78, 5) is 8.89. The minimum absolute atomic E-state index is 0.0418. The maximum absolute atomic E-state index is 8.72. The Morgan fingerprint density at radius 2 is 1.95 bits per heavy atom. The molecule has 20 heavy (non-hydrogen) atoms. The van der Waals surface area contributed by atoms with Crippen LogP contribution in [-0.4, -0.2) is 52.6 Å². The van der Waals surface area contributed by atoms with E-state index in [2.05, 4.69) is 40.7 Å². The molecule has 2 heterocycles. The molecule has 3 N–H and O–H groups in total. The van der Waals surface area contributed by atoms with Crippen LogP contribution in [0.15, 0.2) is 23.5 Å². The lowest BCUT2D eigenvalue weighted by Gasteiger charge is -2.43. The van der Waals surface area contributed by atoms with Crippen molar-refractivity contribution >= 4 is 11.5 Å². The second-order valence-corrected chi connectivity index (χ2v) is 6.03. The Labute approximate surface area is 119 Å². The van der Waals surface area contributed by atoms with Crippen LogP contribution in [-0.2, 0) is 0 Å². The number of hydrogen-bond acceptors (Lipinski definition) is 5. The first kappa shape index (κ1) is 14.6. The van der Waals surface area contributed by atoms with Crippen LogP contribution in [0.2, 0.25) is 0 Å². The lowest BCUT2D eigenvalue weighted by Crippen LogP contribution is -2.53. The van der Waals surface area contributed by atoms with Gasteiger partial charge in [0, 0.05) is 43.6 Å². The minimum Gasteiger partial charge on any atom is -0.409 e. The van der Waals surface area contributed by atoms with Gasteiger partial charge in [0.15, 0.2) is 5.84 Å². The van der Waals surface area contributed by atoms with Gasteiger partial charge in [-0.1, -0.05) is 5.16 Å². The SMILES string of the molecule is CC(C)(C)N1CCN(c2ccnc(C(N)=NO)c2)CC1. The topological polar surface area (TPSA) is 78.0 Å². The smallest absolute Gasteiger partial charge is 0.188 e. The lowest BCUT2D eigenvalue weighted by atomic mass is 10.0. The van der Waals surface area contributed by atoms with Gasteiger partial charge in [0.1, 0.15) is 5.69 Å². The molecule has 0 saturated carbocycles. The maximum Gasteiger partial charge on any atom is 0.188 e. The largest absolute Gasteiger partial charge is 0.409 e. The van der Waals surface area contributed by atoms with E-state index in [1.807, 2.05) is 12.1 Å². The average molecular weight is 277 g/mol. The molecule has 1 aromatic rings. The highest BCUT2D eigenvalue weighted by Crippen LogP contribution is 2.20. The van der Waals surface area contributed by atoms with Gasteiger partial charge in [-0.2, -0.15) is 0 Å². The molecule has 110 valence electrons. The summed E-state index contributed by atoms with van der Waals surface area (Å²) in [6.07, 6.45) is 1.69. The molecular weight excluding hydrogens is 254 g/mol. The number of aromatic nitrogens is 1. The van der Waals surface area contributed by atoms with Crippen LogP contribution in [0.1, 0.15) is 26.5 Å². The zero-order valence-electron chi connectivity index (χ0n) is 12.4. The van der Waals surface area contributed by atoms with E-state index in [9.17, 15) is 0 Å². The second kappa shape index (κ2) is 5.66. The first-order chi connectivity index (χ1) is 9.41. The summed E-state index contributed by atoms with van der Waals surface area (Å²) >= 11 is 0. The first-order valence-electron chi connectivity index (χ1n) is 6.86. The molecule has 1 aliphatic heterocycles. The number of anilines is 1. The van der Waals surface area contributed by atoms with Crippen LogP contribution >= 0.6 is 0 Å². The predicted molar refractivity (Wildman–Crippen MR) is 80.3 cm³/mol. The molecule has 6 nitrogen and oxygen atoms in total. The van der Waals surface area contributed by atoms with Gasteiger partial charge in [0.2, 0.25) is 0 Å². The number of nitrogens with zero attached hydrogens (tertiary/aromatic N) is 4. The number of pyridine rings is 1. The predicted octanol–water partition coefficient (Wildman–Crippen LogP) is 1.10. The normalized spacial score (nSPS) is 18.4. The van der Waals surface area contributed by atoms with Crippen molar-refractivity contribution in [3.63, 3.8) is 0 Å². The van der Waals surface area contributed by atoms with Crippen molar-refractivity contribution < 1.29 is 5.21 Å².